The first kappa shape index (κ1) is 23.4. The second-order valence-corrected chi connectivity index (χ2v) is 8.27. The minimum atomic E-state index is -2.08. The van der Waals surface area contributed by atoms with E-state index in [0.717, 1.165) is 44.2 Å². The summed E-state index contributed by atoms with van der Waals surface area (Å²) in [6, 6.07) is 4.68. The summed E-state index contributed by atoms with van der Waals surface area (Å²) >= 11 is 0. The molecule has 1 atom stereocenters. The lowest BCUT2D eigenvalue weighted by Crippen LogP contribution is -2.44. The number of carbonyl (C=O) groups is 2. The molecule has 8 nitrogen and oxygen atoms in total. The Balaban J connectivity index is 1.87. The molecule has 0 fully saturated rings. The zero-order valence-electron chi connectivity index (χ0n) is 17.9. The molecule has 3 rings (SSSR count). The predicted octanol–water partition coefficient (Wildman–Crippen LogP) is 3.91. The van der Waals surface area contributed by atoms with Crippen LogP contribution in [0.25, 0.3) is 0 Å². The summed E-state index contributed by atoms with van der Waals surface area (Å²) in [6.45, 7) is 2.13. The number of Topliss-reactive ketones (excluding diaryl/α,β-unsaturated/α-hetero) is 1. The van der Waals surface area contributed by atoms with Gasteiger partial charge in [0.1, 0.15) is 11.5 Å². The van der Waals surface area contributed by atoms with Crippen molar-refractivity contribution in [3.8, 4) is 23.0 Å². The highest BCUT2D eigenvalue weighted by Gasteiger charge is 2.41. The van der Waals surface area contributed by atoms with Gasteiger partial charge >= 0.3 is 5.97 Å². The lowest BCUT2D eigenvalue weighted by atomic mass is 9.88. The van der Waals surface area contributed by atoms with Crippen molar-refractivity contribution in [2.75, 3.05) is 0 Å². The van der Waals surface area contributed by atoms with Crippen LogP contribution >= 0.6 is 0 Å². The van der Waals surface area contributed by atoms with Crippen LogP contribution in [0.5, 0.6) is 23.0 Å². The quantitative estimate of drug-likeness (QED) is 0.289. The molecule has 8 heteroatoms. The Kier molecular flexibility index (Phi) is 6.93. The van der Waals surface area contributed by atoms with Gasteiger partial charge in [-0.15, -0.1) is 0 Å². The summed E-state index contributed by atoms with van der Waals surface area (Å²) < 4.78 is 5.70. The van der Waals surface area contributed by atoms with Crippen LogP contribution in [0, 0.1) is 0 Å². The lowest BCUT2D eigenvalue weighted by Gasteiger charge is -2.34. The van der Waals surface area contributed by atoms with Crippen molar-refractivity contribution in [2.24, 2.45) is 0 Å². The van der Waals surface area contributed by atoms with E-state index in [9.17, 15) is 35.1 Å². The molecule has 1 unspecified atom stereocenters. The van der Waals surface area contributed by atoms with Crippen LogP contribution in [0.15, 0.2) is 24.3 Å². The van der Waals surface area contributed by atoms with Crippen LogP contribution in [-0.4, -0.2) is 43.1 Å². The maximum Gasteiger partial charge on any atom is 0.336 e. The Labute approximate surface area is 185 Å². The molecular formula is C24H28O8. The lowest BCUT2D eigenvalue weighted by molar-refractivity contribution is -0.138. The molecule has 2 aromatic rings. The Morgan fingerprint density at radius 1 is 1.00 bits per heavy atom. The first-order valence-corrected chi connectivity index (χ1v) is 10.7. The van der Waals surface area contributed by atoms with Crippen LogP contribution in [0.1, 0.15) is 77.3 Å². The monoisotopic (exact) mass is 444 g/mol. The summed E-state index contributed by atoms with van der Waals surface area (Å²) in [7, 11) is 0. The van der Waals surface area contributed by atoms with Gasteiger partial charge in [-0.2, -0.15) is 0 Å². The van der Waals surface area contributed by atoms with Gasteiger partial charge in [0.05, 0.1) is 17.5 Å². The van der Waals surface area contributed by atoms with Crippen LogP contribution in [-0.2, 0) is 12.8 Å². The van der Waals surface area contributed by atoms with Gasteiger partial charge in [-0.05, 0) is 42.2 Å². The number of ketones is 1. The molecule has 0 aliphatic carbocycles. The summed E-state index contributed by atoms with van der Waals surface area (Å²) in [5.74, 6) is -5.06. The first-order valence-electron chi connectivity index (χ1n) is 10.7. The SMILES string of the molecule is CCCCCCCc1cc(O)cc2c1C(=O)CC(O)(Cc1cc(O)c(O)cc1C(=O)O)O2. The fourth-order valence-corrected chi connectivity index (χ4v) is 4.11. The van der Waals surface area contributed by atoms with Gasteiger partial charge in [0.2, 0.25) is 5.79 Å². The number of phenolic OH excluding ortho intramolecular Hbond substituents is 3. The van der Waals surface area contributed by atoms with Crippen LogP contribution in [0.2, 0.25) is 0 Å². The Morgan fingerprint density at radius 3 is 2.38 bits per heavy atom. The zero-order chi connectivity index (χ0) is 23.5. The zero-order valence-corrected chi connectivity index (χ0v) is 17.9. The third kappa shape index (κ3) is 5.13. The number of rotatable bonds is 9. The van der Waals surface area contributed by atoms with Gasteiger partial charge in [-0.3, -0.25) is 4.79 Å². The van der Waals surface area contributed by atoms with Crippen molar-refractivity contribution in [3.05, 3.63) is 46.5 Å². The number of fused-ring (bicyclic) bond motifs is 1. The molecular weight excluding hydrogens is 416 g/mol. The number of carboxylic acids is 1. The van der Waals surface area contributed by atoms with Crippen molar-refractivity contribution in [1.82, 2.24) is 0 Å². The van der Waals surface area contributed by atoms with E-state index < -0.39 is 36.1 Å². The molecule has 172 valence electrons. The number of carbonyl (C=O) groups excluding carboxylic acids is 1. The second-order valence-electron chi connectivity index (χ2n) is 8.27. The Bertz CT molecular complexity index is 1030. The van der Waals surface area contributed by atoms with E-state index in [1.807, 2.05) is 0 Å². The summed E-state index contributed by atoms with van der Waals surface area (Å²) in [6.07, 6.45) is 4.94. The average molecular weight is 444 g/mol. The number of hydrogen-bond acceptors (Lipinski definition) is 7. The van der Waals surface area contributed by atoms with Gasteiger partial charge in [-0.1, -0.05) is 32.6 Å². The van der Waals surface area contributed by atoms with E-state index in [2.05, 4.69) is 6.92 Å². The topological polar surface area (TPSA) is 145 Å². The number of ether oxygens (including phenoxy) is 1. The summed E-state index contributed by atoms with van der Waals surface area (Å²) in [5.41, 5.74) is 0.620. The number of hydrogen-bond donors (Lipinski definition) is 5. The number of aryl methyl sites for hydroxylation is 1. The number of unbranched alkanes of at least 4 members (excludes halogenated alkanes) is 4. The molecule has 0 radical (unpaired) electrons. The van der Waals surface area contributed by atoms with Crippen LogP contribution in [0.3, 0.4) is 0 Å². The highest BCUT2D eigenvalue weighted by atomic mass is 16.6. The molecule has 0 amide bonds. The van der Waals surface area contributed by atoms with Crippen molar-refractivity contribution < 1.29 is 39.9 Å². The van der Waals surface area contributed by atoms with Crippen molar-refractivity contribution in [1.29, 1.82) is 0 Å². The molecule has 0 saturated heterocycles. The third-order valence-corrected chi connectivity index (χ3v) is 5.63. The molecule has 5 N–H and O–H groups in total. The highest BCUT2D eigenvalue weighted by Crippen LogP contribution is 2.40. The number of aromatic carboxylic acids is 1. The van der Waals surface area contributed by atoms with Crippen LogP contribution < -0.4 is 4.74 Å². The van der Waals surface area contributed by atoms with Crippen LogP contribution in [0.4, 0.5) is 0 Å². The van der Waals surface area contributed by atoms with Gasteiger partial charge in [0.25, 0.3) is 0 Å². The third-order valence-electron chi connectivity index (χ3n) is 5.63. The maximum absolute atomic E-state index is 13.0. The van der Waals surface area contributed by atoms with Crippen molar-refractivity contribution in [3.63, 3.8) is 0 Å². The maximum atomic E-state index is 13.0. The Hall–Kier alpha value is -3.26. The smallest absolute Gasteiger partial charge is 0.336 e. The van der Waals surface area contributed by atoms with Crippen molar-refractivity contribution in [2.45, 2.75) is 64.1 Å². The first-order chi connectivity index (χ1) is 15.1. The van der Waals surface area contributed by atoms with E-state index in [1.54, 1.807) is 0 Å². The highest BCUT2D eigenvalue weighted by molar-refractivity contribution is 6.02. The number of carboxylic acid groups (broad SMARTS) is 1. The van der Waals surface area contributed by atoms with Gasteiger partial charge < -0.3 is 30.3 Å². The molecule has 2 aromatic carbocycles. The Morgan fingerprint density at radius 2 is 1.69 bits per heavy atom. The van der Waals surface area contributed by atoms with E-state index in [4.69, 9.17) is 4.74 Å². The minimum absolute atomic E-state index is 0.0112. The summed E-state index contributed by atoms with van der Waals surface area (Å²) in [4.78, 5) is 24.5. The second kappa shape index (κ2) is 9.48. The number of benzene rings is 2. The van der Waals surface area contributed by atoms with Crippen molar-refractivity contribution >= 4 is 11.8 Å². The largest absolute Gasteiger partial charge is 0.508 e. The van der Waals surface area contributed by atoms with Gasteiger partial charge in [0, 0.05) is 12.5 Å². The van der Waals surface area contributed by atoms with E-state index in [-0.39, 0.29) is 28.4 Å². The van der Waals surface area contributed by atoms with Gasteiger partial charge in [-0.25, -0.2) is 4.79 Å². The molecule has 0 bridgehead atoms. The fraction of sp³-hybridized carbons (Fsp3) is 0.417. The summed E-state index contributed by atoms with van der Waals surface area (Å²) in [5, 5.41) is 49.9. The van der Waals surface area contributed by atoms with E-state index >= 15 is 0 Å². The standard InChI is InChI=1S/C24H28O8/c1-2-3-4-5-6-7-14-8-16(25)10-21-22(14)20(28)13-24(31,32-21)12-15-9-18(26)19(27)11-17(15)23(29)30/h8-11,25-27,31H,2-7,12-13H2,1H3,(H,29,30). The molecule has 1 heterocycles. The minimum Gasteiger partial charge on any atom is -0.508 e. The fourth-order valence-electron chi connectivity index (χ4n) is 4.11. The molecule has 32 heavy (non-hydrogen) atoms. The predicted molar refractivity (Wildman–Crippen MR) is 116 cm³/mol. The van der Waals surface area contributed by atoms with E-state index in [1.165, 1.54) is 12.1 Å². The number of phenols is 3. The average Bonchev–Trinajstić information content (AvgIpc) is 2.69. The normalized spacial score (nSPS) is 17.6. The molecule has 1 aliphatic rings. The van der Waals surface area contributed by atoms with Gasteiger partial charge in [0.15, 0.2) is 17.3 Å². The molecule has 0 spiro atoms. The molecule has 0 saturated carbocycles. The molecule has 1 aliphatic heterocycles. The molecule has 0 aromatic heterocycles. The van der Waals surface area contributed by atoms with E-state index in [0.29, 0.717) is 17.5 Å². The number of aliphatic hydroxyl groups is 1. The number of aromatic hydroxyl groups is 3.